The lowest BCUT2D eigenvalue weighted by atomic mass is 9.88. The molecule has 1 aromatic rings. The van der Waals surface area contributed by atoms with Gasteiger partial charge < -0.3 is 16.3 Å². The fourth-order valence-electron chi connectivity index (χ4n) is 2.04. The molecule has 0 aliphatic rings. The summed E-state index contributed by atoms with van der Waals surface area (Å²) in [5, 5.41) is 19.6. The Bertz CT molecular complexity index is 450. The molecule has 6 heteroatoms. The summed E-state index contributed by atoms with van der Waals surface area (Å²) >= 11 is 0. The van der Waals surface area contributed by atoms with Gasteiger partial charge in [-0.1, -0.05) is 19.0 Å². The molecule has 0 radical (unpaired) electrons. The van der Waals surface area contributed by atoms with Crippen LogP contribution in [0.15, 0.2) is 11.2 Å². The molecule has 114 valence electrons. The van der Waals surface area contributed by atoms with Gasteiger partial charge in [-0.25, -0.2) is 0 Å². The van der Waals surface area contributed by atoms with Crippen molar-refractivity contribution >= 4 is 5.84 Å². The third-order valence-corrected chi connectivity index (χ3v) is 3.55. The molecule has 1 aromatic heterocycles. The fourth-order valence-corrected chi connectivity index (χ4v) is 2.04. The number of nitrogens with zero attached hydrogens (tertiary/aromatic N) is 3. The molecule has 4 N–H and O–H groups in total. The van der Waals surface area contributed by atoms with Gasteiger partial charge >= 0.3 is 0 Å². The van der Waals surface area contributed by atoms with Gasteiger partial charge in [-0.15, -0.1) is 0 Å². The maximum Gasteiger partial charge on any atom is 0.144 e. The van der Waals surface area contributed by atoms with Gasteiger partial charge in [0.15, 0.2) is 0 Å². The van der Waals surface area contributed by atoms with Crippen molar-refractivity contribution in [3.05, 3.63) is 17.5 Å². The van der Waals surface area contributed by atoms with Gasteiger partial charge in [0, 0.05) is 17.7 Å². The molecule has 0 saturated carbocycles. The second-order valence-electron chi connectivity index (χ2n) is 5.87. The summed E-state index contributed by atoms with van der Waals surface area (Å²) in [6, 6.07) is 2.09. The maximum absolute atomic E-state index is 8.70. The number of aryl methyl sites for hydroxylation is 3. The van der Waals surface area contributed by atoms with E-state index in [-0.39, 0.29) is 11.3 Å². The molecule has 0 aliphatic heterocycles. The maximum atomic E-state index is 8.70. The predicted molar refractivity (Wildman–Crippen MR) is 81.0 cm³/mol. The molecular weight excluding hydrogens is 254 g/mol. The van der Waals surface area contributed by atoms with Crippen LogP contribution in [0.1, 0.15) is 38.1 Å². The zero-order valence-corrected chi connectivity index (χ0v) is 13.0. The highest BCUT2D eigenvalue weighted by Gasteiger charge is 2.22. The summed E-state index contributed by atoms with van der Waals surface area (Å²) in [7, 11) is 0. The summed E-state index contributed by atoms with van der Waals surface area (Å²) < 4.78 is 2.04. The summed E-state index contributed by atoms with van der Waals surface area (Å²) in [5.74, 6) is 0.280. The van der Waals surface area contributed by atoms with Crippen LogP contribution in [0.2, 0.25) is 0 Å². The highest BCUT2D eigenvalue weighted by Crippen LogP contribution is 2.19. The van der Waals surface area contributed by atoms with Crippen molar-refractivity contribution in [3.8, 4) is 0 Å². The summed E-state index contributed by atoms with van der Waals surface area (Å²) in [6.07, 6.45) is 1.87. The smallest absolute Gasteiger partial charge is 0.144 e. The minimum atomic E-state index is -0.280. The Morgan fingerprint density at radius 1 is 1.45 bits per heavy atom. The summed E-state index contributed by atoms with van der Waals surface area (Å²) in [6.45, 7) is 10.7. The first-order valence-corrected chi connectivity index (χ1v) is 7.06. The first-order valence-electron chi connectivity index (χ1n) is 7.06. The van der Waals surface area contributed by atoms with Crippen molar-refractivity contribution in [2.45, 2.75) is 47.1 Å². The van der Waals surface area contributed by atoms with E-state index in [1.807, 2.05) is 25.5 Å². The minimum absolute atomic E-state index is 0.280. The van der Waals surface area contributed by atoms with Crippen molar-refractivity contribution < 1.29 is 5.21 Å². The molecule has 0 amide bonds. The Labute approximate surface area is 121 Å². The molecule has 0 unspecified atom stereocenters. The van der Waals surface area contributed by atoms with Crippen LogP contribution in [-0.2, 0) is 6.54 Å². The molecule has 1 rings (SSSR count). The molecule has 0 saturated heterocycles. The van der Waals surface area contributed by atoms with Crippen molar-refractivity contribution in [1.29, 1.82) is 0 Å². The molecule has 0 bridgehead atoms. The van der Waals surface area contributed by atoms with Gasteiger partial charge in [0.2, 0.25) is 0 Å². The Kier molecular flexibility index (Phi) is 6.01. The van der Waals surface area contributed by atoms with Crippen LogP contribution in [0.4, 0.5) is 0 Å². The van der Waals surface area contributed by atoms with Crippen LogP contribution in [0.5, 0.6) is 0 Å². The van der Waals surface area contributed by atoms with E-state index in [9.17, 15) is 0 Å². The predicted octanol–water partition coefficient (Wildman–Crippen LogP) is 1.64. The second-order valence-corrected chi connectivity index (χ2v) is 5.87. The van der Waals surface area contributed by atoms with E-state index in [1.54, 1.807) is 0 Å². The largest absolute Gasteiger partial charge is 0.409 e. The molecule has 0 spiro atoms. The van der Waals surface area contributed by atoms with Crippen LogP contribution >= 0.6 is 0 Å². The summed E-state index contributed by atoms with van der Waals surface area (Å²) in [4.78, 5) is 0. The van der Waals surface area contributed by atoms with Crippen molar-refractivity contribution in [2.24, 2.45) is 16.3 Å². The molecule has 0 fully saturated rings. The van der Waals surface area contributed by atoms with Crippen LogP contribution in [0, 0.1) is 19.3 Å². The van der Waals surface area contributed by atoms with Crippen LogP contribution < -0.4 is 11.1 Å². The Morgan fingerprint density at radius 3 is 2.70 bits per heavy atom. The van der Waals surface area contributed by atoms with E-state index in [0.717, 1.165) is 38.2 Å². The standard InChI is InChI=1S/C14H27N5O/c1-11-10-12(2)19(17-11)9-5-7-16-8-6-14(3,4)13(15)18-20/h10,16,20H,5-9H2,1-4H3,(H2,15,18). The number of rotatable bonds is 8. The zero-order chi connectivity index (χ0) is 15.2. The van der Waals surface area contributed by atoms with Crippen molar-refractivity contribution in [2.75, 3.05) is 13.1 Å². The number of nitrogens with one attached hydrogen (secondary N) is 1. The number of amidine groups is 1. The third-order valence-electron chi connectivity index (χ3n) is 3.55. The van der Waals surface area contributed by atoms with Gasteiger partial charge in [0.1, 0.15) is 5.84 Å². The van der Waals surface area contributed by atoms with Crippen LogP contribution in [0.3, 0.4) is 0 Å². The van der Waals surface area contributed by atoms with Crippen molar-refractivity contribution in [3.63, 3.8) is 0 Å². The normalized spacial score (nSPS) is 12.9. The lowest BCUT2D eigenvalue weighted by Gasteiger charge is -2.22. The molecule has 20 heavy (non-hydrogen) atoms. The van der Waals surface area contributed by atoms with E-state index < -0.39 is 0 Å². The minimum Gasteiger partial charge on any atom is -0.409 e. The highest BCUT2D eigenvalue weighted by molar-refractivity contribution is 5.85. The van der Waals surface area contributed by atoms with Crippen LogP contribution in [0.25, 0.3) is 0 Å². The average Bonchev–Trinajstić information content (AvgIpc) is 2.71. The van der Waals surface area contributed by atoms with Gasteiger partial charge in [0.05, 0.1) is 5.69 Å². The first kappa shape index (κ1) is 16.5. The number of hydrogen-bond donors (Lipinski definition) is 3. The Balaban J connectivity index is 2.18. The van der Waals surface area contributed by atoms with E-state index in [0.29, 0.717) is 0 Å². The van der Waals surface area contributed by atoms with Crippen LogP contribution in [-0.4, -0.2) is 33.9 Å². The lowest BCUT2D eigenvalue weighted by Crippen LogP contribution is -2.35. The second kappa shape index (κ2) is 7.28. The fraction of sp³-hybridized carbons (Fsp3) is 0.714. The highest BCUT2D eigenvalue weighted by atomic mass is 16.4. The Hall–Kier alpha value is -1.56. The molecule has 0 aromatic carbocycles. The molecule has 1 heterocycles. The lowest BCUT2D eigenvalue weighted by molar-refractivity contribution is 0.305. The molecule has 6 nitrogen and oxygen atoms in total. The monoisotopic (exact) mass is 281 g/mol. The molecule has 0 atom stereocenters. The Morgan fingerprint density at radius 2 is 2.15 bits per heavy atom. The number of hydrogen-bond acceptors (Lipinski definition) is 4. The molecular formula is C14H27N5O. The van der Waals surface area contributed by atoms with E-state index in [2.05, 4.69) is 28.6 Å². The molecule has 0 aliphatic carbocycles. The van der Waals surface area contributed by atoms with E-state index >= 15 is 0 Å². The number of nitrogens with two attached hydrogens (primary N) is 1. The topological polar surface area (TPSA) is 88.5 Å². The van der Waals surface area contributed by atoms with E-state index in [1.165, 1.54) is 5.69 Å². The third kappa shape index (κ3) is 4.85. The van der Waals surface area contributed by atoms with E-state index in [4.69, 9.17) is 10.9 Å². The van der Waals surface area contributed by atoms with Crippen molar-refractivity contribution in [1.82, 2.24) is 15.1 Å². The van der Waals surface area contributed by atoms with Gasteiger partial charge in [0.25, 0.3) is 0 Å². The zero-order valence-electron chi connectivity index (χ0n) is 13.0. The average molecular weight is 281 g/mol. The van der Waals surface area contributed by atoms with Gasteiger partial charge in [-0.05, 0) is 45.8 Å². The van der Waals surface area contributed by atoms with Gasteiger partial charge in [-0.2, -0.15) is 5.10 Å². The number of aromatic nitrogens is 2. The number of oxime groups is 1. The summed E-state index contributed by atoms with van der Waals surface area (Å²) in [5.41, 5.74) is 7.64. The first-order chi connectivity index (χ1) is 9.36. The SMILES string of the molecule is Cc1cc(C)n(CCCNCCC(C)(C)/C(N)=N/O)n1. The quantitative estimate of drug-likeness (QED) is 0.222. The van der Waals surface area contributed by atoms with Gasteiger partial charge in [-0.3, -0.25) is 4.68 Å².